The molecule has 0 aromatic heterocycles. The van der Waals surface area contributed by atoms with Gasteiger partial charge in [0.25, 0.3) is 17.5 Å². The summed E-state index contributed by atoms with van der Waals surface area (Å²) < 4.78 is 23.8. The van der Waals surface area contributed by atoms with Crippen LogP contribution in [0.5, 0.6) is 11.5 Å². The Labute approximate surface area is 188 Å². The van der Waals surface area contributed by atoms with Crippen LogP contribution in [-0.2, 0) is 0 Å². The van der Waals surface area contributed by atoms with Gasteiger partial charge in [0.05, 0.1) is 35.3 Å². The van der Waals surface area contributed by atoms with Crippen LogP contribution in [-0.4, -0.2) is 66.4 Å². The molecule has 170 valence electrons. The molecule has 0 saturated carbocycles. The summed E-state index contributed by atoms with van der Waals surface area (Å²) in [6, 6.07) is 5.99. The molecule has 0 N–H and O–H groups in total. The SMILES string of the molecule is CCOc1cc(C(=O)N2CCN(C(=O)c3ccc(F)cc3Cl)CC2)c([N+](=O)[O-])cc1OC. The van der Waals surface area contributed by atoms with Crippen LogP contribution in [0, 0.1) is 15.9 Å². The van der Waals surface area contributed by atoms with Gasteiger partial charge in [0, 0.05) is 32.2 Å². The van der Waals surface area contributed by atoms with E-state index in [1.165, 1.54) is 29.0 Å². The van der Waals surface area contributed by atoms with Crippen LogP contribution in [0.2, 0.25) is 5.02 Å². The normalized spacial score (nSPS) is 13.6. The van der Waals surface area contributed by atoms with Crippen LogP contribution in [0.3, 0.4) is 0 Å². The highest BCUT2D eigenvalue weighted by molar-refractivity contribution is 6.33. The maximum absolute atomic E-state index is 13.3. The molecule has 1 saturated heterocycles. The van der Waals surface area contributed by atoms with E-state index in [0.717, 1.165) is 18.2 Å². The van der Waals surface area contributed by atoms with Gasteiger partial charge in [-0.1, -0.05) is 11.6 Å². The molecule has 3 rings (SSSR count). The smallest absolute Gasteiger partial charge is 0.286 e. The van der Waals surface area contributed by atoms with Crippen molar-refractivity contribution in [2.24, 2.45) is 0 Å². The average molecular weight is 466 g/mol. The molecular formula is C21H21ClFN3O6. The highest BCUT2D eigenvalue weighted by atomic mass is 35.5. The second kappa shape index (κ2) is 9.82. The fourth-order valence-electron chi connectivity index (χ4n) is 3.42. The third kappa shape index (κ3) is 4.75. The lowest BCUT2D eigenvalue weighted by Crippen LogP contribution is -2.50. The van der Waals surface area contributed by atoms with Crippen LogP contribution in [0.15, 0.2) is 30.3 Å². The lowest BCUT2D eigenvalue weighted by Gasteiger charge is -2.35. The van der Waals surface area contributed by atoms with E-state index >= 15 is 0 Å². The zero-order valence-corrected chi connectivity index (χ0v) is 18.2. The van der Waals surface area contributed by atoms with Gasteiger partial charge in [0.2, 0.25) is 0 Å². The van der Waals surface area contributed by atoms with Crippen LogP contribution < -0.4 is 9.47 Å². The predicted molar refractivity (Wildman–Crippen MR) is 114 cm³/mol. The molecule has 32 heavy (non-hydrogen) atoms. The van der Waals surface area contributed by atoms with Crippen molar-refractivity contribution in [3.63, 3.8) is 0 Å². The maximum Gasteiger partial charge on any atom is 0.286 e. The van der Waals surface area contributed by atoms with Gasteiger partial charge in [0.15, 0.2) is 11.5 Å². The largest absolute Gasteiger partial charge is 0.493 e. The first kappa shape index (κ1) is 23.3. The van der Waals surface area contributed by atoms with Crippen molar-refractivity contribution in [3.05, 3.63) is 62.4 Å². The summed E-state index contributed by atoms with van der Waals surface area (Å²) in [5.41, 5.74) is -0.354. The van der Waals surface area contributed by atoms with E-state index in [1.807, 2.05) is 0 Å². The molecule has 0 bridgehead atoms. The third-order valence-electron chi connectivity index (χ3n) is 5.02. The van der Waals surface area contributed by atoms with Gasteiger partial charge in [-0.25, -0.2) is 4.39 Å². The average Bonchev–Trinajstić information content (AvgIpc) is 2.78. The van der Waals surface area contributed by atoms with E-state index in [2.05, 4.69) is 0 Å². The fraction of sp³-hybridized carbons (Fsp3) is 0.333. The quantitative estimate of drug-likeness (QED) is 0.478. The number of hydrogen-bond acceptors (Lipinski definition) is 6. The molecule has 0 unspecified atom stereocenters. The number of methoxy groups -OCH3 is 1. The zero-order valence-electron chi connectivity index (χ0n) is 17.5. The van der Waals surface area contributed by atoms with E-state index in [9.17, 15) is 24.1 Å². The molecule has 2 aromatic rings. The molecule has 9 nitrogen and oxygen atoms in total. The van der Waals surface area contributed by atoms with Gasteiger partial charge in [-0.3, -0.25) is 19.7 Å². The molecule has 1 aliphatic heterocycles. The van der Waals surface area contributed by atoms with Gasteiger partial charge in [-0.2, -0.15) is 0 Å². The second-order valence-electron chi connectivity index (χ2n) is 6.92. The van der Waals surface area contributed by atoms with Crippen molar-refractivity contribution in [1.29, 1.82) is 0 Å². The minimum atomic E-state index is -0.651. The summed E-state index contributed by atoms with van der Waals surface area (Å²) in [7, 11) is 1.35. The number of nitrogens with zero attached hydrogens (tertiary/aromatic N) is 3. The molecule has 1 heterocycles. The number of nitro benzene ring substituents is 1. The molecule has 2 amide bonds. The lowest BCUT2D eigenvalue weighted by atomic mass is 10.1. The number of carbonyl (C=O) groups excluding carboxylic acids is 2. The number of piperazine rings is 1. The Hall–Kier alpha value is -3.40. The molecule has 11 heteroatoms. The first-order chi connectivity index (χ1) is 15.3. The van der Waals surface area contributed by atoms with Crippen LogP contribution >= 0.6 is 11.6 Å². The first-order valence-electron chi connectivity index (χ1n) is 9.79. The van der Waals surface area contributed by atoms with Crippen molar-refractivity contribution in [2.45, 2.75) is 6.92 Å². The number of hydrogen-bond donors (Lipinski definition) is 0. The predicted octanol–water partition coefficient (Wildman–Crippen LogP) is 3.39. The van der Waals surface area contributed by atoms with E-state index in [1.54, 1.807) is 6.92 Å². The second-order valence-corrected chi connectivity index (χ2v) is 7.33. The summed E-state index contributed by atoms with van der Waals surface area (Å²) in [6.07, 6.45) is 0. The molecular weight excluding hydrogens is 445 g/mol. The molecule has 0 radical (unpaired) electrons. The van der Waals surface area contributed by atoms with Gasteiger partial charge >= 0.3 is 0 Å². The lowest BCUT2D eigenvalue weighted by molar-refractivity contribution is -0.385. The Morgan fingerprint density at radius 1 is 1.06 bits per heavy atom. The summed E-state index contributed by atoms with van der Waals surface area (Å²) in [4.78, 5) is 39.6. The first-order valence-corrected chi connectivity index (χ1v) is 10.2. The van der Waals surface area contributed by atoms with Gasteiger partial charge in [-0.15, -0.1) is 0 Å². The Morgan fingerprint density at radius 2 is 1.66 bits per heavy atom. The molecule has 1 fully saturated rings. The number of nitro groups is 1. The summed E-state index contributed by atoms with van der Waals surface area (Å²) >= 11 is 5.98. The van der Waals surface area contributed by atoms with E-state index < -0.39 is 22.3 Å². The Balaban J connectivity index is 1.78. The summed E-state index contributed by atoms with van der Waals surface area (Å²) in [6.45, 7) is 2.74. The van der Waals surface area contributed by atoms with Crippen molar-refractivity contribution < 1.29 is 28.4 Å². The standard InChI is InChI=1S/C21H21ClFN3O6/c1-3-32-19-11-15(17(26(29)30)12-18(19)31-2)21(28)25-8-6-24(7-9-25)20(27)14-5-4-13(23)10-16(14)22/h4-5,10-12H,3,6-9H2,1-2H3. The fourth-order valence-corrected chi connectivity index (χ4v) is 3.66. The highest BCUT2D eigenvalue weighted by Crippen LogP contribution is 2.35. The third-order valence-corrected chi connectivity index (χ3v) is 5.34. The summed E-state index contributed by atoms with van der Waals surface area (Å²) in [5, 5.41) is 11.6. The maximum atomic E-state index is 13.3. The topological polar surface area (TPSA) is 102 Å². The summed E-state index contributed by atoms with van der Waals surface area (Å²) in [5.74, 6) is -1.09. The van der Waals surface area contributed by atoms with E-state index in [-0.39, 0.29) is 66.3 Å². The Bertz CT molecular complexity index is 1060. The van der Waals surface area contributed by atoms with Gasteiger partial charge in [-0.05, 0) is 25.1 Å². The Kier molecular flexibility index (Phi) is 7.14. The van der Waals surface area contributed by atoms with Gasteiger partial charge in [0.1, 0.15) is 11.4 Å². The number of halogens is 2. The number of benzene rings is 2. The van der Waals surface area contributed by atoms with Gasteiger partial charge < -0.3 is 19.3 Å². The molecule has 0 aliphatic carbocycles. The minimum absolute atomic E-state index is 0.00539. The van der Waals surface area contributed by atoms with E-state index in [4.69, 9.17) is 21.1 Å². The number of rotatable bonds is 6. The highest BCUT2D eigenvalue weighted by Gasteiger charge is 2.31. The van der Waals surface area contributed by atoms with Crippen molar-refractivity contribution in [2.75, 3.05) is 39.9 Å². The van der Waals surface area contributed by atoms with Crippen molar-refractivity contribution in [3.8, 4) is 11.5 Å². The Morgan fingerprint density at radius 3 is 2.16 bits per heavy atom. The molecule has 2 aromatic carbocycles. The number of carbonyl (C=O) groups is 2. The molecule has 0 spiro atoms. The van der Waals surface area contributed by atoms with Crippen LogP contribution in [0.25, 0.3) is 0 Å². The number of ether oxygens (including phenoxy) is 2. The zero-order chi connectivity index (χ0) is 23.4. The number of amides is 2. The van der Waals surface area contributed by atoms with Crippen molar-refractivity contribution >= 4 is 29.1 Å². The van der Waals surface area contributed by atoms with Crippen LogP contribution in [0.1, 0.15) is 27.6 Å². The molecule has 0 atom stereocenters. The van der Waals surface area contributed by atoms with E-state index in [0.29, 0.717) is 0 Å². The van der Waals surface area contributed by atoms with Crippen LogP contribution in [0.4, 0.5) is 10.1 Å². The minimum Gasteiger partial charge on any atom is -0.493 e. The monoisotopic (exact) mass is 465 g/mol. The van der Waals surface area contributed by atoms with Crippen molar-refractivity contribution in [1.82, 2.24) is 9.80 Å². The molecule has 1 aliphatic rings.